The second kappa shape index (κ2) is 4.71. The summed E-state index contributed by atoms with van der Waals surface area (Å²) in [4.78, 5) is 16.7. The van der Waals surface area contributed by atoms with Crippen molar-refractivity contribution in [2.45, 2.75) is 0 Å². The molecule has 1 N–H and O–H groups in total. The number of anilines is 2. The lowest BCUT2D eigenvalue weighted by Crippen LogP contribution is -2.15. The van der Waals surface area contributed by atoms with Gasteiger partial charge in [0.15, 0.2) is 0 Å². The molecular weight excluding hydrogens is 282 g/mol. The van der Waals surface area contributed by atoms with E-state index >= 15 is 0 Å². The molecule has 0 aliphatic heterocycles. The summed E-state index contributed by atoms with van der Waals surface area (Å²) < 4.78 is 0.981. The first-order valence-corrected chi connectivity index (χ1v) is 5.91. The molecule has 1 amide bonds. The third kappa shape index (κ3) is 2.10. The van der Waals surface area contributed by atoms with Crippen LogP contribution in [0.25, 0.3) is 10.9 Å². The molecule has 1 aromatic heterocycles. The van der Waals surface area contributed by atoms with Crippen LogP contribution in [-0.4, -0.2) is 25.5 Å². The van der Waals surface area contributed by atoms with Crippen molar-refractivity contribution in [3.8, 4) is 0 Å². The number of benzene rings is 1. The van der Waals surface area contributed by atoms with Gasteiger partial charge in [0.05, 0.1) is 23.1 Å². The van der Waals surface area contributed by atoms with E-state index in [9.17, 15) is 4.79 Å². The fraction of sp³-hybridized carbons (Fsp3) is 0.167. The topological polar surface area (TPSA) is 45.2 Å². The van der Waals surface area contributed by atoms with Crippen LogP contribution in [-0.2, 0) is 4.79 Å². The Bertz CT molecular complexity index is 571. The number of amides is 1. The van der Waals surface area contributed by atoms with E-state index in [0.29, 0.717) is 0 Å². The van der Waals surface area contributed by atoms with E-state index < -0.39 is 0 Å². The molecule has 0 bridgehead atoms. The molecule has 4 nitrogen and oxygen atoms in total. The van der Waals surface area contributed by atoms with E-state index in [1.165, 1.54) is 4.90 Å². The van der Waals surface area contributed by atoms with Crippen LogP contribution < -0.4 is 10.2 Å². The van der Waals surface area contributed by atoms with E-state index in [1.807, 2.05) is 25.2 Å². The Morgan fingerprint density at radius 1 is 1.47 bits per heavy atom. The van der Waals surface area contributed by atoms with Gasteiger partial charge in [0, 0.05) is 24.0 Å². The molecule has 0 saturated carbocycles. The van der Waals surface area contributed by atoms with Crippen LogP contribution in [0.3, 0.4) is 0 Å². The maximum absolute atomic E-state index is 10.8. The van der Waals surface area contributed by atoms with E-state index in [4.69, 9.17) is 0 Å². The monoisotopic (exact) mass is 293 g/mol. The van der Waals surface area contributed by atoms with E-state index in [1.54, 1.807) is 13.2 Å². The highest BCUT2D eigenvalue weighted by molar-refractivity contribution is 9.10. The number of nitrogens with one attached hydrogen (secondary N) is 1. The number of fused-ring (bicyclic) bond motifs is 1. The molecule has 0 atom stereocenters. The lowest BCUT2D eigenvalue weighted by atomic mass is 10.1. The van der Waals surface area contributed by atoms with E-state index in [2.05, 4.69) is 26.2 Å². The largest absolute Gasteiger partial charge is 0.386 e. The van der Waals surface area contributed by atoms with Crippen molar-refractivity contribution in [2.24, 2.45) is 0 Å². The number of aromatic nitrogens is 1. The highest BCUT2D eigenvalue weighted by Crippen LogP contribution is 2.32. The van der Waals surface area contributed by atoms with Crippen LogP contribution in [0.1, 0.15) is 0 Å². The Morgan fingerprint density at radius 3 is 2.88 bits per heavy atom. The summed E-state index contributed by atoms with van der Waals surface area (Å²) in [7, 11) is 3.53. The van der Waals surface area contributed by atoms with Crippen molar-refractivity contribution in [1.29, 1.82) is 0 Å². The van der Waals surface area contributed by atoms with Crippen LogP contribution in [0.15, 0.2) is 28.9 Å². The van der Waals surface area contributed by atoms with Crippen LogP contribution in [0, 0.1) is 0 Å². The first-order valence-electron chi connectivity index (χ1n) is 5.11. The zero-order chi connectivity index (χ0) is 12.4. The Morgan fingerprint density at radius 2 is 2.24 bits per heavy atom. The summed E-state index contributed by atoms with van der Waals surface area (Å²) >= 11 is 3.44. The molecule has 2 rings (SSSR count). The molecule has 2 aromatic rings. The highest BCUT2D eigenvalue weighted by Gasteiger charge is 2.10. The Hall–Kier alpha value is -1.62. The van der Waals surface area contributed by atoms with Gasteiger partial charge in [-0.25, -0.2) is 0 Å². The number of carbonyl (C=O) groups is 1. The zero-order valence-corrected chi connectivity index (χ0v) is 11.2. The predicted molar refractivity (Wildman–Crippen MR) is 73.5 cm³/mol. The number of hydrogen-bond donors (Lipinski definition) is 1. The summed E-state index contributed by atoms with van der Waals surface area (Å²) in [6, 6.07) is 5.86. The minimum absolute atomic E-state index is 0.758. The summed E-state index contributed by atoms with van der Waals surface area (Å²) in [5, 5.41) is 4.10. The Kier molecular flexibility index (Phi) is 3.28. The third-order valence-electron chi connectivity index (χ3n) is 2.60. The molecule has 0 aliphatic carbocycles. The molecular formula is C12H12BrN3O. The predicted octanol–water partition coefficient (Wildman–Crippen LogP) is 2.63. The van der Waals surface area contributed by atoms with Gasteiger partial charge in [-0.2, -0.15) is 0 Å². The second-order valence-electron chi connectivity index (χ2n) is 3.65. The van der Waals surface area contributed by atoms with Crippen LogP contribution in [0.5, 0.6) is 0 Å². The molecule has 17 heavy (non-hydrogen) atoms. The van der Waals surface area contributed by atoms with Gasteiger partial charge in [-0.1, -0.05) is 15.9 Å². The molecule has 1 heterocycles. The molecule has 88 valence electrons. The third-order valence-corrected chi connectivity index (χ3v) is 3.09. The first-order chi connectivity index (χ1) is 8.17. The lowest BCUT2D eigenvalue weighted by Gasteiger charge is -2.17. The number of halogens is 1. The summed E-state index contributed by atoms with van der Waals surface area (Å²) in [5.74, 6) is 0. The van der Waals surface area contributed by atoms with Gasteiger partial charge in [-0.3, -0.25) is 9.78 Å². The molecule has 1 aromatic carbocycles. The number of rotatable bonds is 3. The van der Waals surface area contributed by atoms with Crippen molar-refractivity contribution < 1.29 is 4.79 Å². The average Bonchev–Trinajstić information content (AvgIpc) is 2.36. The molecule has 0 radical (unpaired) electrons. The van der Waals surface area contributed by atoms with Crippen molar-refractivity contribution in [3.05, 3.63) is 28.9 Å². The number of hydrogen-bond acceptors (Lipinski definition) is 3. The van der Waals surface area contributed by atoms with Gasteiger partial charge in [0.1, 0.15) is 0 Å². The molecule has 0 unspecified atom stereocenters. The van der Waals surface area contributed by atoms with E-state index in [0.717, 1.165) is 33.2 Å². The van der Waals surface area contributed by atoms with Crippen molar-refractivity contribution in [3.63, 3.8) is 0 Å². The maximum Gasteiger partial charge on any atom is 0.213 e. The van der Waals surface area contributed by atoms with Crippen molar-refractivity contribution in [2.75, 3.05) is 24.3 Å². The standard InChI is InChI=1S/C12H12BrN3O/c1-14-12-9-5-8(13)3-4-10(9)15-6-11(12)16(2)7-17/h3-7H,1-2H3,(H,14,15). The van der Waals surface area contributed by atoms with Crippen LogP contribution in [0.4, 0.5) is 11.4 Å². The molecule has 0 fully saturated rings. The minimum atomic E-state index is 0.758. The number of nitrogens with zero attached hydrogens (tertiary/aromatic N) is 2. The Labute approximate surface area is 108 Å². The number of carbonyl (C=O) groups excluding carboxylic acids is 1. The van der Waals surface area contributed by atoms with Gasteiger partial charge in [0.25, 0.3) is 0 Å². The van der Waals surface area contributed by atoms with Gasteiger partial charge in [-0.15, -0.1) is 0 Å². The fourth-order valence-corrected chi connectivity index (χ4v) is 2.10. The van der Waals surface area contributed by atoms with Crippen molar-refractivity contribution >= 4 is 44.6 Å². The number of pyridine rings is 1. The van der Waals surface area contributed by atoms with Crippen LogP contribution >= 0.6 is 15.9 Å². The highest BCUT2D eigenvalue weighted by atomic mass is 79.9. The molecule has 0 spiro atoms. The van der Waals surface area contributed by atoms with Crippen LogP contribution in [0.2, 0.25) is 0 Å². The molecule has 0 saturated heterocycles. The smallest absolute Gasteiger partial charge is 0.213 e. The lowest BCUT2D eigenvalue weighted by molar-refractivity contribution is -0.107. The quantitative estimate of drug-likeness (QED) is 0.885. The van der Waals surface area contributed by atoms with Crippen molar-refractivity contribution in [1.82, 2.24) is 4.98 Å². The summed E-state index contributed by atoms with van der Waals surface area (Å²) in [5.41, 5.74) is 2.54. The van der Waals surface area contributed by atoms with Gasteiger partial charge < -0.3 is 10.2 Å². The first kappa shape index (κ1) is 11.9. The summed E-state index contributed by atoms with van der Waals surface area (Å²) in [6.45, 7) is 0. The average molecular weight is 294 g/mol. The molecule has 0 aliphatic rings. The van der Waals surface area contributed by atoms with Gasteiger partial charge in [0.2, 0.25) is 6.41 Å². The Balaban J connectivity index is 2.75. The summed E-state index contributed by atoms with van der Waals surface area (Å²) in [6.07, 6.45) is 2.46. The van der Waals surface area contributed by atoms with Gasteiger partial charge in [-0.05, 0) is 18.2 Å². The van der Waals surface area contributed by atoms with E-state index in [-0.39, 0.29) is 0 Å². The normalized spacial score (nSPS) is 10.3. The fourth-order valence-electron chi connectivity index (χ4n) is 1.74. The minimum Gasteiger partial charge on any atom is -0.386 e. The molecule has 5 heteroatoms. The SMILES string of the molecule is CNc1c(N(C)C=O)cnc2ccc(Br)cc12. The zero-order valence-electron chi connectivity index (χ0n) is 9.57. The second-order valence-corrected chi connectivity index (χ2v) is 4.56. The maximum atomic E-state index is 10.8. The van der Waals surface area contributed by atoms with Gasteiger partial charge >= 0.3 is 0 Å².